The lowest BCUT2D eigenvalue weighted by Crippen LogP contribution is -2.12. The molecule has 0 aliphatic rings. The Labute approximate surface area is 139 Å². The number of benzene rings is 1. The number of imidazole rings is 1. The van der Waals surface area contributed by atoms with Gasteiger partial charge in [0.15, 0.2) is 0 Å². The Bertz CT molecular complexity index is 1080. The van der Waals surface area contributed by atoms with Gasteiger partial charge in [-0.15, -0.1) is 11.3 Å². The van der Waals surface area contributed by atoms with Gasteiger partial charge in [-0.05, 0) is 30.3 Å². The lowest BCUT2D eigenvalue weighted by Gasteiger charge is -2.03. The number of H-pyrrole nitrogens is 2. The van der Waals surface area contributed by atoms with Crippen LogP contribution in [0.5, 0.6) is 0 Å². The zero-order valence-electron chi connectivity index (χ0n) is 12.2. The molecule has 3 aromatic heterocycles. The van der Waals surface area contributed by atoms with E-state index < -0.39 is 0 Å². The van der Waals surface area contributed by atoms with Crippen LogP contribution in [0.15, 0.2) is 52.9 Å². The average molecular weight is 337 g/mol. The van der Waals surface area contributed by atoms with Crippen LogP contribution in [0.25, 0.3) is 21.6 Å². The van der Waals surface area contributed by atoms with Crippen molar-refractivity contribution < 1.29 is 4.79 Å². The molecule has 8 heteroatoms. The summed E-state index contributed by atoms with van der Waals surface area (Å²) in [6.07, 6.45) is 3.39. The summed E-state index contributed by atoms with van der Waals surface area (Å²) >= 11 is 1.38. The van der Waals surface area contributed by atoms with E-state index in [0.717, 1.165) is 10.6 Å². The molecule has 0 radical (unpaired) electrons. The minimum absolute atomic E-state index is 0.283. The summed E-state index contributed by atoms with van der Waals surface area (Å²) in [5, 5.41) is 5.22. The molecule has 3 N–H and O–H groups in total. The Kier molecular flexibility index (Phi) is 3.43. The van der Waals surface area contributed by atoms with Crippen molar-refractivity contribution in [2.45, 2.75) is 0 Å². The predicted octanol–water partition coefficient (Wildman–Crippen LogP) is 2.63. The number of amides is 1. The minimum atomic E-state index is -0.307. The SMILES string of the molecule is O=C(Nc1ccc2[nH]c(=O)[nH]c2c1)c1csc(-c2cccnc2)n1. The van der Waals surface area contributed by atoms with Crippen LogP contribution in [0.3, 0.4) is 0 Å². The van der Waals surface area contributed by atoms with Crippen LogP contribution in [0.2, 0.25) is 0 Å². The van der Waals surface area contributed by atoms with Crippen molar-refractivity contribution in [1.29, 1.82) is 0 Å². The number of thiazole rings is 1. The molecular formula is C16H11N5O2S. The first-order valence-electron chi connectivity index (χ1n) is 7.08. The topological polar surface area (TPSA) is 104 Å². The van der Waals surface area contributed by atoms with Crippen molar-refractivity contribution >= 4 is 34.0 Å². The number of carbonyl (C=O) groups excluding carboxylic acids is 1. The van der Waals surface area contributed by atoms with E-state index in [1.807, 2.05) is 12.1 Å². The zero-order valence-corrected chi connectivity index (χ0v) is 13.1. The number of anilines is 1. The number of carbonyl (C=O) groups is 1. The number of hydrogen-bond donors (Lipinski definition) is 3. The Balaban J connectivity index is 1.57. The van der Waals surface area contributed by atoms with Gasteiger partial charge in [-0.2, -0.15) is 0 Å². The molecule has 7 nitrogen and oxygen atoms in total. The molecule has 24 heavy (non-hydrogen) atoms. The largest absolute Gasteiger partial charge is 0.323 e. The molecule has 0 spiro atoms. The van der Waals surface area contributed by atoms with E-state index in [-0.39, 0.29) is 11.6 Å². The van der Waals surface area contributed by atoms with Gasteiger partial charge >= 0.3 is 5.69 Å². The van der Waals surface area contributed by atoms with E-state index >= 15 is 0 Å². The van der Waals surface area contributed by atoms with Crippen LogP contribution >= 0.6 is 11.3 Å². The van der Waals surface area contributed by atoms with Crippen molar-refractivity contribution in [3.05, 3.63) is 64.3 Å². The number of aromatic amines is 2. The van der Waals surface area contributed by atoms with Crippen LogP contribution in [0.1, 0.15) is 10.5 Å². The molecule has 0 atom stereocenters. The monoisotopic (exact) mass is 337 g/mol. The maximum absolute atomic E-state index is 12.3. The second-order valence-corrected chi connectivity index (χ2v) is 5.93. The highest BCUT2D eigenvalue weighted by atomic mass is 32.1. The van der Waals surface area contributed by atoms with Crippen molar-refractivity contribution in [2.24, 2.45) is 0 Å². The van der Waals surface area contributed by atoms with E-state index in [1.54, 1.807) is 36.0 Å². The lowest BCUT2D eigenvalue weighted by atomic mass is 10.2. The molecule has 118 valence electrons. The first kappa shape index (κ1) is 14.3. The minimum Gasteiger partial charge on any atom is -0.321 e. The zero-order chi connectivity index (χ0) is 16.5. The predicted molar refractivity (Wildman–Crippen MR) is 92.2 cm³/mol. The van der Waals surface area contributed by atoms with Crippen LogP contribution in [0.4, 0.5) is 5.69 Å². The van der Waals surface area contributed by atoms with Gasteiger partial charge in [0, 0.05) is 29.0 Å². The molecule has 4 rings (SSSR count). The Morgan fingerprint density at radius 1 is 1.17 bits per heavy atom. The standard InChI is InChI=1S/C16H11N5O2S/c22-14(13-8-24-15(19-13)9-2-1-5-17-7-9)18-10-3-4-11-12(6-10)21-16(23)20-11/h1-8H,(H,18,22)(H2,20,21,23). The summed E-state index contributed by atoms with van der Waals surface area (Å²) in [6.45, 7) is 0. The van der Waals surface area contributed by atoms with Gasteiger partial charge in [0.1, 0.15) is 10.7 Å². The van der Waals surface area contributed by atoms with Gasteiger partial charge in [-0.3, -0.25) is 9.78 Å². The number of fused-ring (bicyclic) bond motifs is 1. The molecular weight excluding hydrogens is 326 g/mol. The fraction of sp³-hybridized carbons (Fsp3) is 0. The molecule has 0 fully saturated rings. The molecule has 1 amide bonds. The number of aromatic nitrogens is 4. The van der Waals surface area contributed by atoms with Crippen molar-refractivity contribution in [1.82, 2.24) is 19.9 Å². The van der Waals surface area contributed by atoms with E-state index in [4.69, 9.17) is 0 Å². The third kappa shape index (κ3) is 2.70. The lowest BCUT2D eigenvalue weighted by molar-refractivity contribution is 0.102. The number of rotatable bonds is 3. The van der Waals surface area contributed by atoms with Crippen LogP contribution < -0.4 is 11.0 Å². The van der Waals surface area contributed by atoms with Crippen molar-refractivity contribution in [3.8, 4) is 10.6 Å². The number of hydrogen-bond acceptors (Lipinski definition) is 5. The highest BCUT2D eigenvalue weighted by Crippen LogP contribution is 2.23. The van der Waals surface area contributed by atoms with Gasteiger partial charge in [-0.25, -0.2) is 9.78 Å². The van der Waals surface area contributed by atoms with E-state index in [2.05, 4.69) is 25.3 Å². The Morgan fingerprint density at radius 2 is 2.04 bits per heavy atom. The first-order valence-corrected chi connectivity index (χ1v) is 7.96. The summed E-state index contributed by atoms with van der Waals surface area (Å²) in [5.74, 6) is -0.307. The highest BCUT2D eigenvalue weighted by Gasteiger charge is 2.12. The maximum Gasteiger partial charge on any atom is 0.323 e. The van der Waals surface area contributed by atoms with Crippen molar-refractivity contribution in [3.63, 3.8) is 0 Å². The Morgan fingerprint density at radius 3 is 2.88 bits per heavy atom. The molecule has 0 aliphatic heterocycles. The molecule has 0 bridgehead atoms. The van der Waals surface area contributed by atoms with Crippen LogP contribution in [0, 0.1) is 0 Å². The smallest absolute Gasteiger partial charge is 0.321 e. The second kappa shape index (κ2) is 5.74. The quantitative estimate of drug-likeness (QED) is 0.534. The van der Waals surface area contributed by atoms with Gasteiger partial charge in [-0.1, -0.05) is 0 Å². The maximum atomic E-state index is 12.3. The first-order chi connectivity index (χ1) is 11.7. The van der Waals surface area contributed by atoms with Crippen molar-refractivity contribution in [2.75, 3.05) is 5.32 Å². The van der Waals surface area contributed by atoms with Gasteiger partial charge in [0.05, 0.1) is 11.0 Å². The summed E-state index contributed by atoms with van der Waals surface area (Å²) in [7, 11) is 0. The molecule has 0 saturated heterocycles. The molecule has 4 aromatic rings. The molecule has 3 heterocycles. The summed E-state index contributed by atoms with van der Waals surface area (Å²) < 4.78 is 0. The van der Waals surface area contributed by atoms with Gasteiger partial charge in [0.25, 0.3) is 5.91 Å². The second-order valence-electron chi connectivity index (χ2n) is 5.07. The fourth-order valence-electron chi connectivity index (χ4n) is 2.31. The Hall–Kier alpha value is -3.26. The number of pyridine rings is 1. The average Bonchev–Trinajstić information content (AvgIpc) is 3.21. The third-order valence-corrected chi connectivity index (χ3v) is 4.31. The highest BCUT2D eigenvalue weighted by molar-refractivity contribution is 7.13. The van der Waals surface area contributed by atoms with E-state index in [0.29, 0.717) is 22.4 Å². The van der Waals surface area contributed by atoms with E-state index in [9.17, 15) is 9.59 Å². The molecule has 1 aromatic carbocycles. The summed E-state index contributed by atoms with van der Waals surface area (Å²) in [4.78, 5) is 37.3. The summed E-state index contributed by atoms with van der Waals surface area (Å²) in [5.41, 5.74) is 2.82. The third-order valence-electron chi connectivity index (χ3n) is 3.42. The van der Waals surface area contributed by atoms with Crippen LogP contribution in [-0.4, -0.2) is 25.8 Å². The molecule has 0 unspecified atom stereocenters. The normalized spacial score (nSPS) is 10.8. The van der Waals surface area contributed by atoms with Gasteiger partial charge < -0.3 is 15.3 Å². The van der Waals surface area contributed by atoms with Crippen LogP contribution in [-0.2, 0) is 0 Å². The molecule has 0 saturated carbocycles. The van der Waals surface area contributed by atoms with E-state index in [1.165, 1.54) is 11.3 Å². The fourth-order valence-corrected chi connectivity index (χ4v) is 3.10. The number of nitrogens with one attached hydrogen (secondary N) is 3. The summed E-state index contributed by atoms with van der Waals surface area (Å²) in [6, 6.07) is 8.86. The molecule has 0 aliphatic carbocycles. The number of nitrogens with zero attached hydrogens (tertiary/aromatic N) is 2. The van der Waals surface area contributed by atoms with Gasteiger partial charge in [0.2, 0.25) is 0 Å².